The molecule has 0 aliphatic carbocycles. The van der Waals surface area contributed by atoms with E-state index in [1.165, 1.54) is 0 Å². The molecule has 0 atom stereocenters. The molecule has 0 saturated heterocycles. The van der Waals surface area contributed by atoms with E-state index in [2.05, 4.69) is 20.9 Å². The summed E-state index contributed by atoms with van der Waals surface area (Å²) >= 11 is 2.93. The Morgan fingerprint density at radius 3 is 2.50 bits per heavy atom. The number of hydrogen-bond acceptors (Lipinski definition) is 1. The van der Waals surface area contributed by atoms with E-state index >= 15 is 0 Å². The Balaban J connectivity index is 0.00000121. The van der Waals surface area contributed by atoms with Gasteiger partial charge >= 0.3 is 0 Å². The average molecular weight is 178 g/mol. The Kier molecular flexibility index (Phi) is 1.34. The Bertz CT molecular complexity index is 276. The molecule has 0 aromatic carbocycles. The SMILES string of the molecule is C.[2H]c1nc([2H])c([2H])c(Br)c1[2H]. The van der Waals surface area contributed by atoms with E-state index in [-0.39, 0.29) is 36.3 Å². The molecule has 0 radical (unpaired) electrons. The lowest BCUT2D eigenvalue weighted by Crippen LogP contribution is -1.63. The van der Waals surface area contributed by atoms with E-state index in [0.29, 0.717) is 0 Å². The smallest absolute Gasteiger partial charge is 0.0840 e. The molecular formula is C6H8BrN. The minimum atomic E-state index is -0.280. The molecule has 0 saturated carbocycles. The van der Waals surface area contributed by atoms with Gasteiger partial charge in [-0.15, -0.1) is 0 Å². The quantitative estimate of drug-likeness (QED) is 0.594. The second-order valence-electron chi connectivity index (χ2n) is 0.899. The van der Waals surface area contributed by atoms with E-state index in [1.54, 1.807) is 0 Å². The molecule has 0 unspecified atom stereocenters. The van der Waals surface area contributed by atoms with Crippen LogP contribution in [-0.4, -0.2) is 4.98 Å². The summed E-state index contributed by atoms with van der Waals surface area (Å²) in [6, 6.07) is -0.294. The maximum Gasteiger partial charge on any atom is 0.0840 e. The molecule has 0 aliphatic rings. The summed E-state index contributed by atoms with van der Waals surface area (Å²) in [6.45, 7) is 0. The highest BCUT2D eigenvalue weighted by atomic mass is 79.9. The van der Waals surface area contributed by atoms with E-state index in [1.807, 2.05) is 0 Å². The maximum absolute atomic E-state index is 7.18. The minimum Gasteiger partial charge on any atom is -0.265 e. The summed E-state index contributed by atoms with van der Waals surface area (Å²) < 4.78 is 28.6. The normalized spacial score (nSPS) is 14.6. The fraction of sp³-hybridized carbons (Fsp3) is 0.167. The van der Waals surface area contributed by atoms with Crippen molar-refractivity contribution in [1.82, 2.24) is 4.98 Å². The van der Waals surface area contributed by atoms with Crippen molar-refractivity contribution in [2.45, 2.75) is 7.43 Å². The second-order valence-corrected chi connectivity index (χ2v) is 1.69. The highest BCUT2D eigenvalue weighted by molar-refractivity contribution is 9.10. The molecule has 0 bridgehead atoms. The van der Waals surface area contributed by atoms with Gasteiger partial charge in [0.2, 0.25) is 0 Å². The van der Waals surface area contributed by atoms with Crippen LogP contribution < -0.4 is 0 Å². The highest BCUT2D eigenvalue weighted by Gasteiger charge is 1.75. The third kappa shape index (κ3) is 2.07. The fourth-order valence-corrected chi connectivity index (χ4v) is 0.391. The Hall–Kier alpha value is -0.370. The highest BCUT2D eigenvalue weighted by Crippen LogP contribution is 2.03. The standard InChI is InChI=1S/C5H4BrN.CH4/c6-5-1-3-7-4-2-5;/h1-4H;1H4/i1D,2D,3D,4D;. The summed E-state index contributed by atoms with van der Waals surface area (Å²) in [7, 11) is 0. The van der Waals surface area contributed by atoms with Crippen LogP contribution in [0.25, 0.3) is 0 Å². The minimum absolute atomic E-state index is 0. The van der Waals surface area contributed by atoms with Crippen molar-refractivity contribution < 1.29 is 5.48 Å². The van der Waals surface area contributed by atoms with E-state index in [4.69, 9.17) is 5.48 Å². The van der Waals surface area contributed by atoms with Gasteiger partial charge in [0.05, 0.1) is 5.48 Å². The first kappa shape index (κ1) is 2.97. The average Bonchev–Trinajstić information content (AvgIpc) is 1.97. The fourth-order valence-electron chi connectivity index (χ4n) is 0.213. The molecule has 8 heavy (non-hydrogen) atoms. The number of nitrogens with zero attached hydrogens (tertiary/aromatic N) is 1. The van der Waals surface area contributed by atoms with Crippen LogP contribution in [0.15, 0.2) is 28.9 Å². The van der Waals surface area contributed by atoms with Gasteiger partial charge in [0, 0.05) is 16.8 Å². The van der Waals surface area contributed by atoms with Crippen LogP contribution in [0.1, 0.15) is 12.9 Å². The lowest BCUT2D eigenvalue weighted by atomic mass is 10.5. The molecule has 0 amide bonds. The number of pyridine rings is 1. The van der Waals surface area contributed by atoms with Crippen molar-refractivity contribution in [3.63, 3.8) is 0 Å². The zero-order valence-corrected chi connectivity index (χ0v) is 4.91. The van der Waals surface area contributed by atoms with Gasteiger partial charge in [0.15, 0.2) is 0 Å². The summed E-state index contributed by atoms with van der Waals surface area (Å²) in [4.78, 5) is 3.36. The molecule has 1 aromatic heterocycles. The van der Waals surface area contributed by atoms with Gasteiger partial charge in [0.25, 0.3) is 0 Å². The Labute approximate surface area is 63.5 Å². The lowest BCUT2D eigenvalue weighted by molar-refractivity contribution is 1.32. The topological polar surface area (TPSA) is 12.9 Å². The van der Waals surface area contributed by atoms with Crippen molar-refractivity contribution in [2.24, 2.45) is 0 Å². The summed E-state index contributed by atoms with van der Waals surface area (Å²) in [5.41, 5.74) is 0. The molecule has 1 aromatic rings. The first-order valence-corrected chi connectivity index (χ1v) is 2.43. The molecule has 1 heterocycles. The molecule has 0 N–H and O–H groups in total. The van der Waals surface area contributed by atoms with E-state index in [9.17, 15) is 0 Å². The van der Waals surface area contributed by atoms with Crippen LogP contribution in [0.3, 0.4) is 0 Å². The predicted molar refractivity (Wildman–Crippen MR) is 38.7 cm³/mol. The molecule has 1 nitrogen and oxygen atoms in total. The number of rotatable bonds is 0. The Morgan fingerprint density at radius 2 is 2.00 bits per heavy atom. The number of hydrogen-bond donors (Lipinski definition) is 0. The molecule has 2 heteroatoms. The van der Waals surface area contributed by atoms with Gasteiger partial charge in [-0.1, -0.05) is 23.4 Å². The summed E-state index contributed by atoms with van der Waals surface area (Å²) in [5, 5.41) is 0. The molecule has 44 valence electrons. The van der Waals surface area contributed by atoms with Crippen molar-refractivity contribution in [1.29, 1.82) is 0 Å². The first-order chi connectivity index (χ1) is 5.04. The first-order valence-electron chi connectivity index (χ1n) is 3.64. The van der Waals surface area contributed by atoms with Gasteiger partial charge in [0.1, 0.15) is 0 Å². The van der Waals surface area contributed by atoms with Crippen LogP contribution in [0.5, 0.6) is 0 Å². The third-order valence-corrected chi connectivity index (χ3v) is 0.840. The molecule has 0 spiro atoms. The van der Waals surface area contributed by atoms with Gasteiger partial charge in [-0.05, 0) is 12.1 Å². The second kappa shape index (κ2) is 3.61. The summed E-state index contributed by atoms with van der Waals surface area (Å²) in [5.74, 6) is 0. The van der Waals surface area contributed by atoms with E-state index in [0.717, 1.165) is 0 Å². The predicted octanol–water partition coefficient (Wildman–Crippen LogP) is 2.48. The molecule has 0 fully saturated rings. The number of halogens is 1. The van der Waals surface area contributed by atoms with Gasteiger partial charge in [-0.25, -0.2) is 0 Å². The monoisotopic (exact) mass is 177 g/mol. The van der Waals surface area contributed by atoms with Crippen LogP contribution in [0.2, 0.25) is 0 Å². The van der Waals surface area contributed by atoms with Crippen LogP contribution in [0, 0.1) is 0 Å². The van der Waals surface area contributed by atoms with Gasteiger partial charge in [-0.3, -0.25) is 4.98 Å². The lowest BCUT2D eigenvalue weighted by Gasteiger charge is -1.80. The zero-order chi connectivity index (χ0) is 8.59. The Morgan fingerprint density at radius 1 is 1.50 bits per heavy atom. The van der Waals surface area contributed by atoms with Crippen LogP contribution in [0.4, 0.5) is 0 Å². The summed E-state index contributed by atoms with van der Waals surface area (Å²) in [6.07, 6.45) is -0.559. The van der Waals surface area contributed by atoms with Gasteiger partial charge in [-0.2, -0.15) is 0 Å². The van der Waals surface area contributed by atoms with Gasteiger partial charge < -0.3 is 0 Å². The molecular weight excluding hydrogens is 166 g/mol. The van der Waals surface area contributed by atoms with Crippen molar-refractivity contribution in [3.8, 4) is 0 Å². The van der Waals surface area contributed by atoms with E-state index < -0.39 is 0 Å². The molecule has 1 rings (SSSR count). The van der Waals surface area contributed by atoms with Crippen LogP contribution >= 0.6 is 15.9 Å². The van der Waals surface area contributed by atoms with Crippen LogP contribution in [-0.2, 0) is 0 Å². The van der Waals surface area contributed by atoms with Crippen molar-refractivity contribution in [3.05, 3.63) is 28.9 Å². The van der Waals surface area contributed by atoms with Crippen molar-refractivity contribution >= 4 is 15.9 Å². The number of aromatic nitrogens is 1. The molecule has 0 aliphatic heterocycles. The zero-order valence-electron chi connectivity index (χ0n) is 7.33. The third-order valence-electron chi connectivity index (χ3n) is 0.443. The van der Waals surface area contributed by atoms with Crippen molar-refractivity contribution in [2.75, 3.05) is 0 Å². The largest absolute Gasteiger partial charge is 0.265 e. The maximum atomic E-state index is 7.18.